The van der Waals surface area contributed by atoms with Gasteiger partial charge in [-0.2, -0.15) is 18.3 Å². The first-order valence-corrected chi connectivity index (χ1v) is 8.79. The first-order chi connectivity index (χ1) is 13.7. The van der Waals surface area contributed by atoms with E-state index in [4.69, 9.17) is 15.7 Å². The van der Waals surface area contributed by atoms with Crippen LogP contribution in [0.3, 0.4) is 0 Å². The molecule has 0 aliphatic heterocycles. The molecule has 1 N–H and O–H groups in total. The number of benzene rings is 1. The molecular weight excluding hydrogens is 414 g/mol. The first-order valence-electron chi connectivity index (χ1n) is 8.43. The number of hydrogen-bond donors (Lipinski definition) is 1. The highest BCUT2D eigenvalue weighted by atomic mass is 35.5. The number of hydrogen-bond acceptors (Lipinski definition) is 4. The third kappa shape index (κ3) is 3.65. The molecule has 144 valence electrons. The molecule has 0 bridgehead atoms. The van der Waals surface area contributed by atoms with Gasteiger partial charge in [-0.05, 0) is 18.2 Å². The van der Waals surface area contributed by atoms with Gasteiger partial charge in [0.1, 0.15) is 16.5 Å². The van der Waals surface area contributed by atoms with Crippen molar-refractivity contribution in [3.8, 4) is 5.75 Å². The van der Waals surface area contributed by atoms with Gasteiger partial charge < -0.3 is 4.74 Å². The summed E-state index contributed by atoms with van der Waals surface area (Å²) in [4.78, 5) is -0.417. The van der Waals surface area contributed by atoms with Crippen LogP contribution in [-0.4, -0.2) is 25.1 Å². The number of sulfonamides is 1. The minimum atomic E-state index is -5.17. The van der Waals surface area contributed by atoms with Crippen LogP contribution in [0.5, 0.6) is 5.75 Å². The molecule has 27 heavy (non-hydrogen) atoms. The molecule has 3 aromatic rings. The molecule has 0 saturated carbocycles. The van der Waals surface area contributed by atoms with Crippen molar-refractivity contribution >= 4 is 32.8 Å². The predicted molar refractivity (Wildman–Crippen MR) is 89.0 cm³/mol. The molecule has 0 fully saturated rings. The van der Waals surface area contributed by atoms with E-state index in [1.54, 1.807) is 0 Å². The zero-order valence-electron chi connectivity index (χ0n) is 15.9. The number of alkyl halides is 3. The topological polar surface area (TPSA) is 72.7 Å². The molecule has 1 aromatic carbocycles. The lowest BCUT2D eigenvalue weighted by molar-refractivity contribution is -0.140. The monoisotopic (exact) mass is 426 g/mol. The maximum absolute atomic E-state index is 14.0. The molecule has 6 nitrogen and oxygen atoms in total. The Hall–Kier alpha value is -2.53. The lowest BCUT2D eigenvalue weighted by Gasteiger charge is -2.15. The summed E-state index contributed by atoms with van der Waals surface area (Å²) in [6.45, 7) is 0. The minimum absolute atomic E-state index is 0.0533. The second-order valence-electron chi connectivity index (χ2n) is 5.22. The van der Waals surface area contributed by atoms with E-state index < -0.39 is 51.0 Å². The largest absolute Gasteiger partial charge is 0.495 e. The predicted octanol–water partition coefficient (Wildman–Crippen LogP) is 3.96. The van der Waals surface area contributed by atoms with Gasteiger partial charge in [0.05, 0.1) is 39.1 Å². The van der Waals surface area contributed by atoms with E-state index in [1.165, 1.54) is 18.3 Å². The normalized spacial score (nSPS) is 14.5. The van der Waals surface area contributed by atoms with Gasteiger partial charge >= 0.3 is 6.18 Å². The summed E-state index contributed by atoms with van der Waals surface area (Å²) in [6, 6.07) is 2.94. The van der Waals surface area contributed by atoms with Gasteiger partial charge in [-0.3, -0.25) is 4.72 Å². The molecule has 12 heteroatoms. The Morgan fingerprint density at radius 3 is 2.74 bits per heavy atom. The number of rotatable bonds is 4. The summed E-state index contributed by atoms with van der Waals surface area (Å²) in [6.07, 6.45) is -2.94. The number of anilines is 1. The molecular formula is C15H10ClF4N3O3S. The fraction of sp³-hybridized carbons (Fsp3) is 0.133. The molecule has 0 atom stereocenters. The zero-order valence-corrected chi connectivity index (χ0v) is 14.5. The number of methoxy groups -OCH3 is 1. The standard InChI is InChI=1S/C15H10ClF4N3O3S/c1-26-13-4-9(15(18,19)20)10(17)5-11(13)22-27(24,25)14-6-21-23-7-8(16)2-3-12(14)23/h2-7,22H,1H3/i1D3. The fourth-order valence-corrected chi connectivity index (χ4v) is 3.61. The van der Waals surface area contributed by atoms with Crippen LogP contribution in [0.25, 0.3) is 5.52 Å². The quantitative estimate of drug-likeness (QED) is 0.641. The van der Waals surface area contributed by atoms with Crippen molar-refractivity contribution in [2.45, 2.75) is 11.1 Å². The zero-order chi connectivity index (χ0) is 22.5. The van der Waals surface area contributed by atoms with E-state index in [9.17, 15) is 26.0 Å². The molecule has 2 aromatic heterocycles. The average molecular weight is 427 g/mol. The Morgan fingerprint density at radius 2 is 2.07 bits per heavy atom. The maximum Gasteiger partial charge on any atom is 0.419 e. The van der Waals surface area contributed by atoms with Crippen molar-refractivity contribution in [1.29, 1.82) is 0 Å². The molecule has 0 aliphatic rings. The van der Waals surface area contributed by atoms with Crippen LogP contribution in [0.4, 0.5) is 23.2 Å². The minimum Gasteiger partial charge on any atom is -0.495 e. The smallest absolute Gasteiger partial charge is 0.419 e. The number of fused-ring (bicyclic) bond motifs is 1. The van der Waals surface area contributed by atoms with Crippen LogP contribution in [-0.2, 0) is 16.2 Å². The fourth-order valence-electron chi connectivity index (χ4n) is 2.28. The van der Waals surface area contributed by atoms with E-state index in [1.807, 2.05) is 4.72 Å². The van der Waals surface area contributed by atoms with E-state index in [-0.39, 0.29) is 22.7 Å². The highest BCUT2D eigenvalue weighted by molar-refractivity contribution is 7.93. The highest BCUT2D eigenvalue weighted by Crippen LogP contribution is 2.38. The van der Waals surface area contributed by atoms with Gasteiger partial charge in [-0.15, -0.1) is 0 Å². The second-order valence-corrected chi connectivity index (χ2v) is 7.31. The summed E-state index contributed by atoms with van der Waals surface area (Å²) >= 11 is 5.79. The molecule has 0 spiro atoms. The van der Waals surface area contributed by atoms with Crippen molar-refractivity contribution in [3.05, 3.63) is 53.1 Å². The SMILES string of the molecule is [2H]C([2H])([2H])Oc1cc(C(F)(F)F)c(F)cc1NS(=O)(=O)c1cnn2cc(Cl)ccc12. The van der Waals surface area contributed by atoms with E-state index in [0.29, 0.717) is 0 Å². The van der Waals surface area contributed by atoms with Crippen molar-refractivity contribution in [2.75, 3.05) is 11.8 Å². The molecule has 2 heterocycles. The van der Waals surface area contributed by atoms with E-state index >= 15 is 0 Å². The first kappa shape index (κ1) is 15.5. The molecule has 0 amide bonds. The molecule has 0 radical (unpaired) electrons. The van der Waals surface area contributed by atoms with Crippen LogP contribution in [0, 0.1) is 5.82 Å². The number of aromatic nitrogens is 2. The summed E-state index contributed by atoms with van der Waals surface area (Å²) in [5.74, 6) is -2.86. The Bertz CT molecular complexity index is 1230. The van der Waals surface area contributed by atoms with Crippen molar-refractivity contribution in [2.24, 2.45) is 0 Å². The van der Waals surface area contributed by atoms with E-state index in [0.717, 1.165) is 10.7 Å². The summed E-state index contributed by atoms with van der Waals surface area (Å²) < 4.78 is 107. The average Bonchev–Trinajstić information content (AvgIpc) is 2.98. The molecule has 0 saturated heterocycles. The van der Waals surface area contributed by atoms with Crippen molar-refractivity contribution < 1.29 is 34.8 Å². The van der Waals surface area contributed by atoms with Gasteiger partial charge in [0.2, 0.25) is 0 Å². The third-order valence-electron chi connectivity index (χ3n) is 3.46. The van der Waals surface area contributed by atoms with Gasteiger partial charge in [-0.25, -0.2) is 17.3 Å². The summed E-state index contributed by atoms with van der Waals surface area (Å²) in [5, 5.41) is 4.05. The lowest BCUT2D eigenvalue weighted by Crippen LogP contribution is -2.15. The second kappa shape index (κ2) is 6.57. The lowest BCUT2D eigenvalue weighted by atomic mass is 10.1. The molecule has 3 rings (SSSR count). The highest BCUT2D eigenvalue weighted by Gasteiger charge is 2.35. The number of nitrogens with one attached hydrogen (secondary N) is 1. The maximum atomic E-state index is 14.0. The van der Waals surface area contributed by atoms with Gasteiger partial charge in [0, 0.05) is 12.3 Å². The van der Waals surface area contributed by atoms with E-state index in [2.05, 4.69) is 9.84 Å². The van der Waals surface area contributed by atoms with Gasteiger partial charge in [0.15, 0.2) is 0 Å². The Morgan fingerprint density at radius 1 is 1.33 bits per heavy atom. The Balaban J connectivity index is 2.10. The van der Waals surface area contributed by atoms with Crippen molar-refractivity contribution in [3.63, 3.8) is 0 Å². The van der Waals surface area contributed by atoms with Crippen LogP contribution in [0.1, 0.15) is 9.68 Å². The number of ether oxygens (including phenoxy) is 1. The third-order valence-corrected chi connectivity index (χ3v) is 5.07. The van der Waals surface area contributed by atoms with Crippen LogP contribution < -0.4 is 9.46 Å². The van der Waals surface area contributed by atoms with Crippen LogP contribution >= 0.6 is 11.6 Å². The van der Waals surface area contributed by atoms with Crippen LogP contribution in [0.2, 0.25) is 5.02 Å². The van der Waals surface area contributed by atoms with Crippen molar-refractivity contribution in [1.82, 2.24) is 9.61 Å². The summed E-state index contributed by atoms with van der Waals surface area (Å²) in [5.41, 5.74) is -2.61. The molecule has 0 aliphatic carbocycles. The Kier molecular flexibility index (Phi) is 3.78. The van der Waals surface area contributed by atoms with Gasteiger partial charge in [0.25, 0.3) is 10.0 Å². The Labute approximate surface area is 159 Å². The number of pyridine rings is 1. The summed E-state index contributed by atoms with van der Waals surface area (Å²) in [7, 11) is -7.77. The van der Waals surface area contributed by atoms with Crippen LogP contribution in [0.15, 0.2) is 41.6 Å². The molecule has 0 unspecified atom stereocenters. The number of nitrogens with zero attached hydrogens (tertiary/aromatic N) is 2. The van der Waals surface area contributed by atoms with Gasteiger partial charge in [-0.1, -0.05) is 11.6 Å². The number of halogens is 5.